The minimum absolute atomic E-state index is 0.0204. The number of amides is 5. The zero-order valence-electron chi connectivity index (χ0n) is 29.2. The largest absolute Gasteiger partial charge is 0.492 e. The monoisotopic (exact) mass is 733 g/mol. The Balaban J connectivity index is 1.39. The van der Waals surface area contributed by atoms with Gasteiger partial charge in [-0.2, -0.15) is 0 Å². The van der Waals surface area contributed by atoms with Crippen molar-refractivity contribution in [2.45, 2.75) is 61.7 Å². The summed E-state index contributed by atoms with van der Waals surface area (Å²) >= 11 is 0. The van der Waals surface area contributed by atoms with Gasteiger partial charge in [-0.25, -0.2) is 8.42 Å². The second-order valence-corrected chi connectivity index (χ2v) is 15.0. The summed E-state index contributed by atoms with van der Waals surface area (Å²) in [7, 11) is -3.54. The number of likely N-dealkylation sites (tertiary alicyclic amines) is 1. The molecule has 0 aromatic heterocycles. The van der Waals surface area contributed by atoms with Crippen LogP contribution in [0.4, 0.5) is 0 Å². The maximum atomic E-state index is 14.1. The van der Waals surface area contributed by atoms with Crippen molar-refractivity contribution in [2.75, 3.05) is 32.5 Å². The Bertz CT molecular complexity index is 1900. The van der Waals surface area contributed by atoms with Gasteiger partial charge in [0.25, 0.3) is 11.8 Å². The molecule has 3 atom stereocenters. The first-order chi connectivity index (χ1) is 24.7. The average molecular weight is 734 g/mol. The third kappa shape index (κ3) is 9.46. The van der Waals surface area contributed by atoms with Crippen LogP contribution >= 0.6 is 0 Å². The number of rotatable bonds is 4. The van der Waals surface area contributed by atoms with Crippen molar-refractivity contribution < 1.29 is 41.9 Å². The Hall–Kier alpha value is -5.44. The number of ether oxygens (including phenoxy) is 2. The highest BCUT2D eigenvalue weighted by Gasteiger charge is 2.46. The van der Waals surface area contributed by atoms with Crippen LogP contribution in [0.1, 0.15) is 42.6 Å². The van der Waals surface area contributed by atoms with Crippen LogP contribution in [-0.2, 0) is 35.4 Å². The smallest absolute Gasteiger partial charge is 0.264 e. The first kappa shape index (κ1) is 37.8. The second-order valence-electron chi connectivity index (χ2n) is 13.0. The van der Waals surface area contributed by atoms with E-state index in [9.17, 15) is 32.4 Å². The van der Waals surface area contributed by atoms with Crippen LogP contribution in [0.15, 0.2) is 83.8 Å². The van der Waals surface area contributed by atoms with Crippen LogP contribution < -0.4 is 30.7 Å². The predicted molar refractivity (Wildman–Crippen MR) is 190 cm³/mol. The summed E-state index contributed by atoms with van der Waals surface area (Å²) in [4.78, 5) is 68.8. The molecular formula is C37H43N5O9S. The first-order valence-electron chi connectivity index (χ1n) is 17.0. The molecule has 0 aliphatic carbocycles. The normalized spacial score (nSPS) is 21.8. The predicted octanol–water partition coefficient (Wildman–Crippen LogP) is 1.39. The molecule has 52 heavy (non-hydrogen) atoms. The molecule has 3 heterocycles. The molecule has 1 spiro atoms. The number of hydrogen-bond acceptors (Lipinski definition) is 9. The van der Waals surface area contributed by atoms with E-state index in [1.165, 1.54) is 43.0 Å². The summed E-state index contributed by atoms with van der Waals surface area (Å²) in [5.41, 5.74) is -0.529. The summed E-state index contributed by atoms with van der Waals surface area (Å²) in [5.74, 6) is -1.80. The van der Waals surface area contributed by atoms with Crippen molar-refractivity contribution in [3.8, 4) is 11.5 Å². The third-order valence-electron chi connectivity index (χ3n) is 9.00. The van der Waals surface area contributed by atoms with E-state index in [4.69, 9.17) is 9.47 Å². The molecule has 2 bridgehead atoms. The van der Waals surface area contributed by atoms with Gasteiger partial charge in [-0.1, -0.05) is 36.4 Å². The summed E-state index contributed by atoms with van der Waals surface area (Å²) in [5, 5.41) is 10.9. The van der Waals surface area contributed by atoms with Crippen molar-refractivity contribution >= 4 is 39.4 Å². The summed E-state index contributed by atoms with van der Waals surface area (Å²) in [6, 6.07) is 18.3. The van der Waals surface area contributed by atoms with E-state index in [0.717, 1.165) is 11.8 Å². The second kappa shape index (κ2) is 16.3. The molecule has 3 aliphatic heterocycles. The lowest BCUT2D eigenvalue weighted by Gasteiger charge is -2.41. The Kier molecular flexibility index (Phi) is 11.8. The van der Waals surface area contributed by atoms with Gasteiger partial charge in [-0.15, -0.1) is 0 Å². The summed E-state index contributed by atoms with van der Waals surface area (Å²) < 4.78 is 36.3. The Labute approximate surface area is 302 Å². The molecule has 14 nitrogen and oxygen atoms in total. The SMILES string of the molecule is C[C@@H]1NC(=O)[C@H](Cc2ccccc2)NC(=O)[C@H](C)NC(=O)C2(CCN(C(=O)c3cccc(S(C)(=O)=O)c3)CC2)Oc2ccc(cc2)OCCNC1=O. The molecule has 6 rings (SSSR count). The number of benzene rings is 3. The molecule has 3 aliphatic rings. The van der Waals surface area contributed by atoms with Gasteiger partial charge >= 0.3 is 0 Å². The highest BCUT2D eigenvalue weighted by Crippen LogP contribution is 2.31. The van der Waals surface area contributed by atoms with E-state index in [-0.39, 0.29) is 56.0 Å². The van der Waals surface area contributed by atoms with Gasteiger partial charge in [0, 0.05) is 44.2 Å². The van der Waals surface area contributed by atoms with Crippen LogP contribution in [-0.4, -0.2) is 99.1 Å². The number of piperidine rings is 1. The van der Waals surface area contributed by atoms with Gasteiger partial charge < -0.3 is 35.6 Å². The topological polar surface area (TPSA) is 189 Å². The molecule has 1 saturated heterocycles. The summed E-state index contributed by atoms with van der Waals surface area (Å²) in [6.45, 7) is 3.52. The molecule has 0 radical (unpaired) electrons. The molecule has 15 heteroatoms. The Morgan fingerprint density at radius 2 is 1.46 bits per heavy atom. The maximum absolute atomic E-state index is 14.1. The van der Waals surface area contributed by atoms with Crippen molar-refractivity contribution in [1.29, 1.82) is 0 Å². The van der Waals surface area contributed by atoms with Crippen LogP contribution in [0, 0.1) is 0 Å². The third-order valence-corrected chi connectivity index (χ3v) is 10.1. The molecule has 0 saturated carbocycles. The molecular weight excluding hydrogens is 690 g/mol. The van der Waals surface area contributed by atoms with Crippen molar-refractivity contribution in [1.82, 2.24) is 26.2 Å². The zero-order valence-corrected chi connectivity index (χ0v) is 30.0. The molecule has 4 N–H and O–H groups in total. The fourth-order valence-corrected chi connectivity index (χ4v) is 6.61. The van der Waals surface area contributed by atoms with Gasteiger partial charge in [-0.05, 0) is 61.9 Å². The summed E-state index contributed by atoms with van der Waals surface area (Å²) in [6.07, 6.45) is 1.30. The van der Waals surface area contributed by atoms with Crippen LogP contribution in [0.2, 0.25) is 0 Å². The van der Waals surface area contributed by atoms with E-state index in [1.807, 2.05) is 18.2 Å². The molecule has 3 aromatic carbocycles. The lowest BCUT2D eigenvalue weighted by Crippen LogP contribution is -2.61. The number of nitrogens with zero attached hydrogens (tertiary/aromatic N) is 1. The number of hydrogen-bond donors (Lipinski definition) is 4. The molecule has 5 amide bonds. The fourth-order valence-electron chi connectivity index (χ4n) is 5.94. The number of carbonyl (C=O) groups is 5. The van der Waals surface area contributed by atoms with Gasteiger partial charge in [-0.3, -0.25) is 24.0 Å². The van der Waals surface area contributed by atoms with Gasteiger partial charge in [0.15, 0.2) is 15.4 Å². The minimum atomic E-state index is -3.54. The van der Waals surface area contributed by atoms with E-state index in [2.05, 4.69) is 21.3 Å². The quantitative estimate of drug-likeness (QED) is 0.287. The molecule has 276 valence electrons. The Morgan fingerprint density at radius 1 is 0.808 bits per heavy atom. The van der Waals surface area contributed by atoms with E-state index < -0.39 is 63.1 Å². The lowest BCUT2D eigenvalue weighted by molar-refractivity contribution is -0.143. The zero-order chi connectivity index (χ0) is 37.5. The van der Waals surface area contributed by atoms with Crippen molar-refractivity contribution in [3.05, 3.63) is 90.0 Å². The maximum Gasteiger partial charge on any atom is 0.264 e. The van der Waals surface area contributed by atoms with Crippen molar-refractivity contribution in [2.24, 2.45) is 0 Å². The van der Waals surface area contributed by atoms with Gasteiger partial charge in [0.1, 0.15) is 36.2 Å². The number of carbonyl (C=O) groups excluding carboxylic acids is 5. The van der Waals surface area contributed by atoms with Crippen LogP contribution in [0.25, 0.3) is 0 Å². The first-order valence-corrected chi connectivity index (χ1v) is 18.9. The molecule has 0 unspecified atom stereocenters. The van der Waals surface area contributed by atoms with Crippen LogP contribution in [0.5, 0.6) is 11.5 Å². The fraction of sp³-hybridized carbons (Fsp3) is 0.378. The standard InChI is InChI=1S/C37H43N5O9S/c1-24-32(43)38-18-21-50-28-12-14-29(15-13-28)51-37(16-19-42(20-17-37)35(46)27-10-7-11-30(23-27)52(3,48)49)36(47)40-25(2)33(44)41-31(34(45)39-24)22-26-8-5-4-6-9-26/h4-15,23-25,31H,16-22H2,1-3H3,(H,38,43)(H,39,45)(H,40,47)(H,41,44)/t24-,25-,31-/m0/s1. The number of nitrogens with one attached hydrogen (secondary N) is 4. The van der Waals surface area contributed by atoms with E-state index >= 15 is 0 Å². The Morgan fingerprint density at radius 3 is 2.13 bits per heavy atom. The minimum Gasteiger partial charge on any atom is -0.492 e. The lowest BCUT2D eigenvalue weighted by atomic mass is 9.89. The molecule has 1 fully saturated rings. The van der Waals surface area contributed by atoms with Gasteiger partial charge in [0.2, 0.25) is 17.7 Å². The van der Waals surface area contributed by atoms with E-state index in [0.29, 0.717) is 11.5 Å². The highest BCUT2D eigenvalue weighted by molar-refractivity contribution is 7.90. The van der Waals surface area contributed by atoms with E-state index in [1.54, 1.807) is 36.4 Å². The number of fused-ring (bicyclic) bond motifs is 15. The van der Waals surface area contributed by atoms with Gasteiger partial charge in [0.05, 0.1) is 11.4 Å². The van der Waals surface area contributed by atoms with Crippen molar-refractivity contribution in [3.63, 3.8) is 0 Å². The molecule has 3 aromatic rings. The number of sulfone groups is 1. The highest BCUT2D eigenvalue weighted by atomic mass is 32.2. The van der Waals surface area contributed by atoms with Crippen LogP contribution in [0.3, 0.4) is 0 Å². The average Bonchev–Trinajstić information content (AvgIpc) is 3.13.